The zero-order valence-electron chi connectivity index (χ0n) is 22.1. The number of ether oxygens (including phenoxy) is 3. The lowest BCUT2D eigenvalue weighted by Crippen LogP contribution is -2.13. The van der Waals surface area contributed by atoms with Crippen LogP contribution in [0.2, 0.25) is 0 Å². The van der Waals surface area contributed by atoms with Crippen LogP contribution < -0.4 is 20.1 Å². The number of esters is 1. The van der Waals surface area contributed by atoms with Crippen LogP contribution in [0.3, 0.4) is 0 Å². The highest BCUT2D eigenvalue weighted by Gasteiger charge is 2.22. The molecule has 5 aromatic rings. The molecule has 0 aliphatic heterocycles. The number of methoxy groups -OCH3 is 2. The van der Waals surface area contributed by atoms with E-state index >= 15 is 0 Å². The van der Waals surface area contributed by atoms with E-state index in [0.29, 0.717) is 54.9 Å². The fourth-order valence-corrected chi connectivity index (χ4v) is 5.20. The Labute approximate surface area is 234 Å². The zero-order valence-corrected chi connectivity index (χ0v) is 22.9. The Kier molecular flexibility index (Phi) is 7.88. The molecule has 2 aromatic heterocycles. The molecule has 2 N–H and O–H groups in total. The molecule has 2 heterocycles. The van der Waals surface area contributed by atoms with Gasteiger partial charge in [0.05, 0.1) is 31.0 Å². The maximum Gasteiger partial charge on any atom is 0.349 e. The van der Waals surface area contributed by atoms with E-state index < -0.39 is 5.97 Å². The van der Waals surface area contributed by atoms with Crippen molar-refractivity contribution in [1.82, 2.24) is 9.97 Å². The van der Waals surface area contributed by atoms with Crippen molar-refractivity contribution in [2.45, 2.75) is 13.5 Å². The molecule has 0 aliphatic rings. The molecular formula is C30H26N4O5S. The molecule has 0 atom stereocenters. The number of hydrogen-bond donors (Lipinski definition) is 2. The number of nitrogens with zero attached hydrogens (tertiary/aromatic N) is 2. The first-order valence-electron chi connectivity index (χ1n) is 12.3. The highest BCUT2D eigenvalue weighted by atomic mass is 32.1. The van der Waals surface area contributed by atoms with Gasteiger partial charge in [0.15, 0.2) is 0 Å². The lowest BCUT2D eigenvalue weighted by Gasteiger charge is -2.17. The van der Waals surface area contributed by atoms with Crippen molar-refractivity contribution < 1.29 is 23.8 Å². The number of carbonyl (C=O) groups is 2. The molecule has 10 heteroatoms. The van der Waals surface area contributed by atoms with Gasteiger partial charge < -0.3 is 24.8 Å². The molecule has 202 valence electrons. The van der Waals surface area contributed by atoms with Crippen LogP contribution >= 0.6 is 11.3 Å². The third-order valence-corrected chi connectivity index (χ3v) is 7.36. The van der Waals surface area contributed by atoms with Crippen LogP contribution in [0.5, 0.6) is 11.5 Å². The van der Waals surface area contributed by atoms with Crippen LogP contribution in [0.25, 0.3) is 10.2 Å². The highest BCUT2D eigenvalue weighted by molar-refractivity contribution is 7.20. The average molecular weight is 555 g/mol. The van der Waals surface area contributed by atoms with Gasteiger partial charge in [-0.2, -0.15) is 0 Å². The van der Waals surface area contributed by atoms with Crippen molar-refractivity contribution in [3.63, 3.8) is 0 Å². The first kappa shape index (κ1) is 26.6. The van der Waals surface area contributed by atoms with Gasteiger partial charge in [-0.25, -0.2) is 14.8 Å². The third-order valence-electron chi connectivity index (χ3n) is 6.18. The number of aromatic nitrogens is 2. The second-order valence-corrected chi connectivity index (χ2v) is 9.72. The van der Waals surface area contributed by atoms with E-state index in [1.165, 1.54) is 31.9 Å². The number of amides is 1. The Morgan fingerprint density at radius 1 is 0.875 bits per heavy atom. The Morgan fingerprint density at radius 3 is 2.23 bits per heavy atom. The van der Waals surface area contributed by atoms with E-state index in [9.17, 15) is 9.59 Å². The number of nitrogens with one attached hydrogen (secondary N) is 2. The summed E-state index contributed by atoms with van der Waals surface area (Å²) in [5, 5.41) is 6.86. The number of benzene rings is 3. The topological polar surface area (TPSA) is 112 Å². The third kappa shape index (κ3) is 5.57. The quantitative estimate of drug-likeness (QED) is 0.202. The van der Waals surface area contributed by atoms with Gasteiger partial charge in [-0.15, -0.1) is 11.3 Å². The molecule has 0 spiro atoms. The molecule has 0 bridgehead atoms. The minimum atomic E-state index is -0.423. The number of anilines is 3. The van der Waals surface area contributed by atoms with Crippen LogP contribution in [-0.4, -0.2) is 36.1 Å². The van der Waals surface area contributed by atoms with Crippen molar-refractivity contribution >= 4 is 50.6 Å². The lowest BCUT2D eigenvalue weighted by atomic mass is 10.1. The van der Waals surface area contributed by atoms with Crippen LogP contribution in [0.15, 0.2) is 79.1 Å². The monoisotopic (exact) mass is 554 g/mol. The number of hydrogen-bond acceptors (Lipinski definition) is 9. The summed E-state index contributed by atoms with van der Waals surface area (Å²) >= 11 is 1.25. The standard InChI is InChI=1S/C30H26N4O5S/c1-18-25-27(31-17-32-29(25)40-26(18)30(36)39-16-19-10-6-4-7-11-19)33-21-14-24(38-3)22(15-23(21)37-2)34-28(35)20-12-8-5-9-13-20/h4-15,17H,16H2,1-3H3,(H,34,35)(H,31,32,33). The maximum absolute atomic E-state index is 12.9. The van der Waals surface area contributed by atoms with Crippen molar-refractivity contribution in [3.05, 3.63) is 101 Å². The van der Waals surface area contributed by atoms with Crippen molar-refractivity contribution in [2.24, 2.45) is 0 Å². The number of fused-ring (bicyclic) bond motifs is 1. The normalized spacial score (nSPS) is 10.7. The summed E-state index contributed by atoms with van der Waals surface area (Å²) in [5.74, 6) is 0.659. The summed E-state index contributed by atoms with van der Waals surface area (Å²) in [6, 6.07) is 21.8. The maximum atomic E-state index is 12.9. The molecule has 0 saturated heterocycles. The summed E-state index contributed by atoms with van der Waals surface area (Å²) in [5.41, 5.74) is 3.12. The fourth-order valence-electron chi connectivity index (χ4n) is 4.15. The Balaban J connectivity index is 1.43. The number of aryl methyl sites for hydroxylation is 1. The van der Waals surface area contributed by atoms with Crippen LogP contribution in [0.1, 0.15) is 31.2 Å². The van der Waals surface area contributed by atoms with Gasteiger partial charge in [0.2, 0.25) is 0 Å². The summed E-state index contributed by atoms with van der Waals surface area (Å²) < 4.78 is 16.7. The second-order valence-electron chi connectivity index (χ2n) is 8.72. The molecule has 0 saturated carbocycles. The van der Waals surface area contributed by atoms with Crippen molar-refractivity contribution in [1.29, 1.82) is 0 Å². The predicted molar refractivity (Wildman–Crippen MR) is 155 cm³/mol. The van der Waals surface area contributed by atoms with Crippen LogP contribution in [0, 0.1) is 6.92 Å². The Hall–Kier alpha value is -4.96. The summed E-state index contributed by atoms with van der Waals surface area (Å²) in [4.78, 5) is 35.6. The molecule has 1 amide bonds. The minimum Gasteiger partial charge on any atom is -0.494 e. The smallest absolute Gasteiger partial charge is 0.349 e. The van der Waals surface area contributed by atoms with Gasteiger partial charge in [0, 0.05) is 17.7 Å². The Morgan fingerprint density at radius 2 is 1.52 bits per heavy atom. The number of rotatable bonds is 9. The predicted octanol–water partition coefficient (Wildman–Crippen LogP) is 6.37. The molecule has 0 unspecified atom stereocenters. The van der Waals surface area contributed by atoms with E-state index in [4.69, 9.17) is 14.2 Å². The molecule has 5 rings (SSSR count). The number of carbonyl (C=O) groups excluding carboxylic acids is 2. The van der Waals surface area contributed by atoms with Gasteiger partial charge in [0.25, 0.3) is 5.91 Å². The van der Waals surface area contributed by atoms with Crippen molar-refractivity contribution in [3.8, 4) is 11.5 Å². The van der Waals surface area contributed by atoms with Gasteiger partial charge in [-0.3, -0.25) is 4.79 Å². The molecule has 40 heavy (non-hydrogen) atoms. The molecule has 0 aliphatic carbocycles. The van der Waals surface area contributed by atoms with E-state index in [2.05, 4.69) is 20.6 Å². The van der Waals surface area contributed by atoms with E-state index in [-0.39, 0.29) is 12.5 Å². The molecular weight excluding hydrogens is 528 g/mol. The fraction of sp³-hybridized carbons (Fsp3) is 0.133. The molecule has 3 aromatic carbocycles. The van der Waals surface area contributed by atoms with Gasteiger partial charge >= 0.3 is 5.97 Å². The summed E-state index contributed by atoms with van der Waals surface area (Å²) in [6.07, 6.45) is 1.43. The molecule has 9 nitrogen and oxygen atoms in total. The minimum absolute atomic E-state index is 0.175. The average Bonchev–Trinajstić information content (AvgIpc) is 3.34. The van der Waals surface area contributed by atoms with Crippen molar-refractivity contribution in [2.75, 3.05) is 24.9 Å². The van der Waals surface area contributed by atoms with Crippen LogP contribution in [-0.2, 0) is 11.3 Å². The van der Waals surface area contributed by atoms with E-state index in [0.717, 1.165) is 5.56 Å². The second kappa shape index (κ2) is 11.8. The summed E-state index contributed by atoms with van der Waals surface area (Å²) in [7, 11) is 3.05. The molecule has 0 fully saturated rings. The lowest BCUT2D eigenvalue weighted by molar-refractivity contribution is 0.0478. The van der Waals surface area contributed by atoms with Gasteiger partial charge in [-0.05, 0) is 30.2 Å². The van der Waals surface area contributed by atoms with E-state index in [1.54, 1.807) is 36.4 Å². The SMILES string of the molecule is COc1cc(Nc2ncnc3sc(C(=O)OCc4ccccc4)c(C)c23)c(OC)cc1NC(=O)c1ccccc1. The Bertz CT molecular complexity index is 1670. The highest BCUT2D eigenvalue weighted by Crippen LogP contribution is 2.40. The number of thiophene rings is 1. The van der Waals surface area contributed by atoms with E-state index in [1.807, 2.05) is 43.3 Å². The first-order valence-corrected chi connectivity index (χ1v) is 13.1. The van der Waals surface area contributed by atoms with Gasteiger partial charge in [0.1, 0.15) is 40.0 Å². The molecule has 0 radical (unpaired) electrons. The zero-order chi connectivity index (χ0) is 28.1. The first-order chi connectivity index (χ1) is 19.5. The summed E-state index contributed by atoms with van der Waals surface area (Å²) in [6.45, 7) is 2.01. The van der Waals surface area contributed by atoms with Gasteiger partial charge in [-0.1, -0.05) is 48.5 Å². The largest absolute Gasteiger partial charge is 0.494 e. The van der Waals surface area contributed by atoms with Crippen LogP contribution in [0.4, 0.5) is 17.2 Å².